The van der Waals surface area contributed by atoms with Crippen LogP contribution in [0.1, 0.15) is 5.56 Å². The van der Waals surface area contributed by atoms with Gasteiger partial charge in [-0.2, -0.15) is 0 Å². The number of benzene rings is 2. The minimum Gasteiger partial charge on any atom is -0.493 e. The molecule has 2 aromatic carbocycles. The summed E-state index contributed by atoms with van der Waals surface area (Å²) < 4.78 is 37.1. The minimum absolute atomic E-state index is 0.539. The zero-order valence-corrected chi connectivity index (χ0v) is 12.2. The van der Waals surface area contributed by atoms with E-state index in [0.717, 1.165) is 17.2 Å². The Labute approximate surface area is 122 Å². The fourth-order valence-electron chi connectivity index (χ4n) is 2.19. The molecule has 112 valence electrons. The van der Waals surface area contributed by atoms with Crippen LogP contribution in [0.15, 0.2) is 30.3 Å². The molecule has 0 unspecified atom stereocenters. The highest BCUT2D eigenvalue weighted by atomic mass is 19.2. The molecule has 0 radical (unpaired) electrons. The van der Waals surface area contributed by atoms with Crippen LogP contribution in [-0.4, -0.2) is 21.3 Å². The first-order valence-corrected chi connectivity index (χ1v) is 6.45. The second kappa shape index (κ2) is 6.54. The first-order valence-electron chi connectivity index (χ1n) is 6.45. The molecule has 0 aliphatic rings. The summed E-state index contributed by atoms with van der Waals surface area (Å²) in [6.07, 6.45) is 0. The monoisotopic (exact) mass is 293 g/mol. The summed E-state index contributed by atoms with van der Waals surface area (Å²) in [6.45, 7) is 0.564. The van der Waals surface area contributed by atoms with Crippen molar-refractivity contribution < 1.29 is 18.3 Å². The number of halogens is 2. The molecular weight excluding hydrogens is 276 g/mol. The quantitative estimate of drug-likeness (QED) is 0.917. The summed E-state index contributed by atoms with van der Waals surface area (Å²) in [4.78, 5) is 0. The van der Waals surface area contributed by atoms with Crippen molar-refractivity contribution in [3.8, 4) is 22.6 Å². The lowest BCUT2D eigenvalue weighted by Gasteiger charge is -2.15. The van der Waals surface area contributed by atoms with E-state index in [-0.39, 0.29) is 0 Å². The van der Waals surface area contributed by atoms with E-state index in [2.05, 4.69) is 5.32 Å². The van der Waals surface area contributed by atoms with Gasteiger partial charge in [-0.3, -0.25) is 0 Å². The molecule has 0 heterocycles. The Hall–Kier alpha value is -2.14. The van der Waals surface area contributed by atoms with Gasteiger partial charge in [0, 0.05) is 6.54 Å². The maximum Gasteiger partial charge on any atom is 0.161 e. The van der Waals surface area contributed by atoms with E-state index in [1.807, 2.05) is 13.1 Å². The molecule has 2 aromatic rings. The van der Waals surface area contributed by atoms with Crippen LogP contribution >= 0.6 is 0 Å². The molecule has 0 amide bonds. The third kappa shape index (κ3) is 3.13. The molecule has 0 bridgehead atoms. The highest BCUT2D eigenvalue weighted by Crippen LogP contribution is 2.36. The van der Waals surface area contributed by atoms with E-state index in [4.69, 9.17) is 9.47 Å². The fraction of sp³-hybridized carbons (Fsp3) is 0.250. The van der Waals surface area contributed by atoms with Gasteiger partial charge in [0.25, 0.3) is 0 Å². The summed E-state index contributed by atoms with van der Waals surface area (Å²) >= 11 is 0. The van der Waals surface area contributed by atoms with Crippen molar-refractivity contribution in [2.75, 3.05) is 21.3 Å². The molecule has 21 heavy (non-hydrogen) atoms. The number of rotatable bonds is 5. The minimum atomic E-state index is -0.877. The number of hydrogen-bond donors (Lipinski definition) is 1. The summed E-state index contributed by atoms with van der Waals surface area (Å²) in [5.74, 6) is -0.613. The molecule has 0 aromatic heterocycles. The Bertz CT molecular complexity index is 644. The third-order valence-electron chi connectivity index (χ3n) is 3.21. The van der Waals surface area contributed by atoms with Gasteiger partial charge in [-0.1, -0.05) is 6.07 Å². The molecule has 1 N–H and O–H groups in total. The van der Waals surface area contributed by atoms with E-state index in [0.29, 0.717) is 23.6 Å². The van der Waals surface area contributed by atoms with E-state index in [1.54, 1.807) is 19.2 Å². The SMILES string of the molecule is CNCc1cc(OC)c(OC)cc1-c1ccc(F)c(F)c1. The van der Waals surface area contributed by atoms with Gasteiger partial charge in [-0.15, -0.1) is 0 Å². The van der Waals surface area contributed by atoms with Crippen molar-refractivity contribution >= 4 is 0 Å². The van der Waals surface area contributed by atoms with Gasteiger partial charge in [0.2, 0.25) is 0 Å². The first kappa shape index (κ1) is 15.3. The lowest BCUT2D eigenvalue weighted by Crippen LogP contribution is -2.07. The zero-order valence-electron chi connectivity index (χ0n) is 12.2. The molecule has 2 rings (SSSR count). The predicted molar refractivity (Wildman–Crippen MR) is 77.7 cm³/mol. The molecule has 0 atom stereocenters. The van der Waals surface area contributed by atoms with E-state index >= 15 is 0 Å². The molecule has 0 fully saturated rings. The van der Waals surface area contributed by atoms with Crippen LogP contribution in [0.3, 0.4) is 0 Å². The molecule has 0 aliphatic heterocycles. The van der Waals surface area contributed by atoms with Crippen molar-refractivity contribution in [3.05, 3.63) is 47.5 Å². The number of ether oxygens (including phenoxy) is 2. The van der Waals surface area contributed by atoms with E-state index in [1.165, 1.54) is 13.2 Å². The highest BCUT2D eigenvalue weighted by molar-refractivity contribution is 5.71. The highest BCUT2D eigenvalue weighted by Gasteiger charge is 2.14. The molecule has 0 aliphatic carbocycles. The Kier molecular flexibility index (Phi) is 4.75. The lowest BCUT2D eigenvalue weighted by atomic mass is 9.98. The van der Waals surface area contributed by atoms with Crippen LogP contribution in [0.4, 0.5) is 8.78 Å². The molecule has 3 nitrogen and oxygen atoms in total. The van der Waals surface area contributed by atoms with Gasteiger partial charge in [0.15, 0.2) is 23.1 Å². The van der Waals surface area contributed by atoms with Crippen LogP contribution < -0.4 is 14.8 Å². The smallest absolute Gasteiger partial charge is 0.161 e. The summed E-state index contributed by atoms with van der Waals surface area (Å²) in [5.41, 5.74) is 2.25. The maximum atomic E-state index is 13.5. The summed E-state index contributed by atoms with van der Waals surface area (Å²) in [5, 5.41) is 3.04. The van der Waals surface area contributed by atoms with Crippen molar-refractivity contribution in [1.82, 2.24) is 5.32 Å². The van der Waals surface area contributed by atoms with Gasteiger partial charge in [-0.05, 0) is 48.0 Å². The zero-order chi connectivity index (χ0) is 15.4. The lowest BCUT2D eigenvalue weighted by molar-refractivity contribution is 0.354. The normalized spacial score (nSPS) is 10.5. The molecule has 0 spiro atoms. The number of nitrogens with one attached hydrogen (secondary N) is 1. The van der Waals surface area contributed by atoms with Crippen LogP contribution in [-0.2, 0) is 6.54 Å². The molecule has 0 saturated heterocycles. The maximum absolute atomic E-state index is 13.5. The summed E-state index contributed by atoms with van der Waals surface area (Å²) in [6, 6.07) is 7.42. The summed E-state index contributed by atoms with van der Waals surface area (Å²) in [7, 11) is 4.90. The van der Waals surface area contributed by atoms with Crippen molar-refractivity contribution in [1.29, 1.82) is 0 Å². The molecule has 5 heteroatoms. The van der Waals surface area contributed by atoms with E-state index < -0.39 is 11.6 Å². The number of hydrogen-bond acceptors (Lipinski definition) is 3. The fourth-order valence-corrected chi connectivity index (χ4v) is 2.19. The third-order valence-corrected chi connectivity index (χ3v) is 3.21. The largest absolute Gasteiger partial charge is 0.493 e. The average Bonchev–Trinajstić information content (AvgIpc) is 2.50. The van der Waals surface area contributed by atoms with Crippen molar-refractivity contribution in [2.45, 2.75) is 6.54 Å². The van der Waals surface area contributed by atoms with Crippen LogP contribution in [0.25, 0.3) is 11.1 Å². The topological polar surface area (TPSA) is 30.5 Å². The Morgan fingerprint density at radius 2 is 1.62 bits per heavy atom. The standard InChI is InChI=1S/C16H17F2NO2/c1-19-9-11-7-15(20-2)16(21-3)8-12(11)10-4-5-13(17)14(18)6-10/h4-8,19H,9H2,1-3H3. The van der Waals surface area contributed by atoms with Crippen LogP contribution in [0.5, 0.6) is 11.5 Å². The molecule has 0 saturated carbocycles. The Morgan fingerprint density at radius 1 is 0.952 bits per heavy atom. The van der Waals surface area contributed by atoms with Gasteiger partial charge >= 0.3 is 0 Å². The van der Waals surface area contributed by atoms with Gasteiger partial charge < -0.3 is 14.8 Å². The Morgan fingerprint density at radius 3 is 2.19 bits per heavy atom. The Balaban J connectivity index is 2.61. The van der Waals surface area contributed by atoms with Crippen LogP contribution in [0.2, 0.25) is 0 Å². The van der Waals surface area contributed by atoms with Gasteiger partial charge in [-0.25, -0.2) is 8.78 Å². The predicted octanol–water partition coefficient (Wildman–Crippen LogP) is 3.37. The average molecular weight is 293 g/mol. The van der Waals surface area contributed by atoms with Crippen molar-refractivity contribution in [2.24, 2.45) is 0 Å². The number of methoxy groups -OCH3 is 2. The second-order valence-electron chi connectivity index (χ2n) is 4.52. The second-order valence-corrected chi connectivity index (χ2v) is 4.52. The van der Waals surface area contributed by atoms with Gasteiger partial charge in [0.1, 0.15) is 0 Å². The van der Waals surface area contributed by atoms with E-state index in [9.17, 15) is 8.78 Å². The van der Waals surface area contributed by atoms with Crippen molar-refractivity contribution in [3.63, 3.8) is 0 Å². The molecular formula is C16H17F2NO2. The van der Waals surface area contributed by atoms with Gasteiger partial charge in [0.05, 0.1) is 14.2 Å². The van der Waals surface area contributed by atoms with Crippen LogP contribution in [0, 0.1) is 11.6 Å². The first-order chi connectivity index (χ1) is 10.1.